The number of hydrogen-bond donors (Lipinski definition) is 1. The van der Waals surface area contributed by atoms with Crippen LogP contribution >= 0.6 is 11.8 Å². The average molecular weight is 265 g/mol. The van der Waals surface area contributed by atoms with Crippen LogP contribution in [0.5, 0.6) is 5.75 Å². The van der Waals surface area contributed by atoms with E-state index in [0.29, 0.717) is 11.3 Å². The molecule has 2 nitrogen and oxygen atoms in total. The monoisotopic (exact) mass is 265 g/mol. The number of rotatable bonds is 5. The molecular weight excluding hydrogens is 242 g/mol. The zero-order chi connectivity index (χ0) is 12.8. The molecule has 18 heavy (non-hydrogen) atoms. The summed E-state index contributed by atoms with van der Waals surface area (Å²) in [5.74, 6) is 0.936. The topological polar surface area (TPSA) is 21.3 Å². The Labute approximate surface area is 114 Å². The van der Waals surface area contributed by atoms with Crippen molar-refractivity contribution in [2.24, 2.45) is 0 Å². The van der Waals surface area contributed by atoms with Crippen molar-refractivity contribution in [3.05, 3.63) is 24.3 Å². The van der Waals surface area contributed by atoms with Gasteiger partial charge in [-0.05, 0) is 43.7 Å². The smallest absolute Gasteiger partial charge is 0.118 e. The summed E-state index contributed by atoms with van der Waals surface area (Å²) < 4.78 is 5.20. The van der Waals surface area contributed by atoms with Gasteiger partial charge in [0.15, 0.2) is 0 Å². The first-order chi connectivity index (χ1) is 8.83. The first-order valence-corrected chi connectivity index (χ1v) is 7.75. The molecule has 1 fully saturated rings. The van der Waals surface area contributed by atoms with Crippen LogP contribution in [-0.2, 0) is 0 Å². The molecule has 2 unspecified atom stereocenters. The zero-order valence-corrected chi connectivity index (χ0v) is 12.1. The molecule has 2 atom stereocenters. The third kappa shape index (κ3) is 3.66. The van der Waals surface area contributed by atoms with Gasteiger partial charge in [-0.1, -0.05) is 19.8 Å². The van der Waals surface area contributed by atoms with E-state index in [0.717, 1.165) is 12.3 Å². The summed E-state index contributed by atoms with van der Waals surface area (Å²) in [6.45, 7) is 3.27. The number of ether oxygens (including phenoxy) is 1. The maximum absolute atomic E-state index is 5.20. The molecule has 3 heteroatoms. The van der Waals surface area contributed by atoms with Crippen molar-refractivity contribution < 1.29 is 4.74 Å². The molecule has 0 heterocycles. The predicted octanol–water partition coefficient (Wildman–Crippen LogP) is 3.71. The van der Waals surface area contributed by atoms with Crippen LogP contribution in [0.15, 0.2) is 29.2 Å². The Balaban J connectivity index is 1.96. The average Bonchev–Trinajstić information content (AvgIpc) is 2.42. The Bertz CT molecular complexity index is 350. The van der Waals surface area contributed by atoms with E-state index >= 15 is 0 Å². The lowest BCUT2D eigenvalue weighted by Crippen LogP contribution is -2.40. The maximum atomic E-state index is 5.20. The SMILES string of the molecule is CCNC1CCCCC1Sc1ccc(OC)cc1. The van der Waals surface area contributed by atoms with Gasteiger partial charge in [0.05, 0.1) is 7.11 Å². The highest BCUT2D eigenvalue weighted by molar-refractivity contribution is 8.00. The van der Waals surface area contributed by atoms with Crippen LogP contribution in [0.25, 0.3) is 0 Å². The molecular formula is C15H23NOS. The summed E-state index contributed by atoms with van der Waals surface area (Å²) >= 11 is 2.01. The summed E-state index contributed by atoms with van der Waals surface area (Å²) in [5.41, 5.74) is 0. The lowest BCUT2D eigenvalue weighted by atomic mass is 9.95. The molecule has 0 amide bonds. The molecule has 0 radical (unpaired) electrons. The van der Waals surface area contributed by atoms with E-state index in [1.165, 1.54) is 30.6 Å². The normalized spacial score (nSPS) is 23.9. The highest BCUT2D eigenvalue weighted by Crippen LogP contribution is 2.34. The first-order valence-electron chi connectivity index (χ1n) is 6.87. The van der Waals surface area contributed by atoms with E-state index in [9.17, 15) is 0 Å². The van der Waals surface area contributed by atoms with E-state index < -0.39 is 0 Å². The van der Waals surface area contributed by atoms with Gasteiger partial charge in [-0.25, -0.2) is 0 Å². The lowest BCUT2D eigenvalue weighted by Gasteiger charge is -2.31. The van der Waals surface area contributed by atoms with Crippen LogP contribution < -0.4 is 10.1 Å². The van der Waals surface area contributed by atoms with Crippen molar-refractivity contribution >= 4 is 11.8 Å². The fourth-order valence-electron chi connectivity index (χ4n) is 2.56. The van der Waals surface area contributed by atoms with Crippen molar-refractivity contribution in [3.8, 4) is 5.75 Å². The standard InChI is InChI=1S/C15H23NOS/c1-3-16-14-6-4-5-7-15(14)18-13-10-8-12(17-2)9-11-13/h8-11,14-16H,3-7H2,1-2H3. The third-order valence-corrected chi connectivity index (χ3v) is 4.93. The van der Waals surface area contributed by atoms with Gasteiger partial charge in [0.1, 0.15) is 5.75 Å². The molecule has 0 bridgehead atoms. The molecule has 1 aliphatic carbocycles. The minimum atomic E-state index is 0.677. The van der Waals surface area contributed by atoms with Crippen molar-refractivity contribution in [1.82, 2.24) is 5.32 Å². The first kappa shape index (κ1) is 13.8. The van der Waals surface area contributed by atoms with E-state index in [2.05, 4.69) is 24.4 Å². The molecule has 0 aromatic heterocycles. The van der Waals surface area contributed by atoms with E-state index in [4.69, 9.17) is 4.74 Å². The van der Waals surface area contributed by atoms with Gasteiger partial charge in [0.25, 0.3) is 0 Å². The van der Waals surface area contributed by atoms with E-state index in [1.54, 1.807) is 7.11 Å². The lowest BCUT2D eigenvalue weighted by molar-refractivity contribution is 0.391. The van der Waals surface area contributed by atoms with Crippen LogP contribution in [0.2, 0.25) is 0 Å². The van der Waals surface area contributed by atoms with E-state index in [-0.39, 0.29) is 0 Å². The molecule has 1 aromatic carbocycles. The number of benzene rings is 1. The maximum Gasteiger partial charge on any atom is 0.118 e. The fraction of sp³-hybridized carbons (Fsp3) is 0.600. The van der Waals surface area contributed by atoms with Gasteiger partial charge in [-0.2, -0.15) is 0 Å². The Hall–Kier alpha value is -0.670. The second-order valence-corrected chi connectivity index (χ2v) is 6.09. The van der Waals surface area contributed by atoms with Crippen LogP contribution in [0, 0.1) is 0 Å². The summed E-state index contributed by atoms with van der Waals surface area (Å²) in [5, 5.41) is 4.35. The number of nitrogens with one attached hydrogen (secondary N) is 1. The minimum Gasteiger partial charge on any atom is -0.497 e. The second kappa shape index (κ2) is 7.05. The van der Waals surface area contributed by atoms with Crippen LogP contribution in [0.4, 0.5) is 0 Å². The van der Waals surface area contributed by atoms with Crippen LogP contribution in [-0.4, -0.2) is 24.9 Å². The van der Waals surface area contributed by atoms with Crippen molar-refractivity contribution in [3.63, 3.8) is 0 Å². The minimum absolute atomic E-state index is 0.677. The summed E-state index contributed by atoms with van der Waals surface area (Å²) in [7, 11) is 1.71. The van der Waals surface area contributed by atoms with Crippen molar-refractivity contribution in [1.29, 1.82) is 0 Å². The molecule has 0 spiro atoms. The Morgan fingerprint density at radius 3 is 2.61 bits per heavy atom. The molecule has 0 saturated heterocycles. The van der Waals surface area contributed by atoms with Gasteiger partial charge >= 0.3 is 0 Å². The molecule has 100 valence electrons. The molecule has 2 rings (SSSR count). The Morgan fingerprint density at radius 1 is 1.22 bits per heavy atom. The Kier molecular flexibility index (Phi) is 5.39. The van der Waals surface area contributed by atoms with E-state index in [1.807, 2.05) is 23.9 Å². The Morgan fingerprint density at radius 2 is 1.94 bits per heavy atom. The van der Waals surface area contributed by atoms with Crippen molar-refractivity contribution in [2.75, 3.05) is 13.7 Å². The largest absolute Gasteiger partial charge is 0.497 e. The highest BCUT2D eigenvalue weighted by atomic mass is 32.2. The van der Waals surface area contributed by atoms with Crippen LogP contribution in [0.1, 0.15) is 32.6 Å². The van der Waals surface area contributed by atoms with Crippen molar-refractivity contribution in [2.45, 2.75) is 48.8 Å². The molecule has 1 N–H and O–H groups in total. The quantitative estimate of drug-likeness (QED) is 0.877. The predicted molar refractivity (Wildman–Crippen MR) is 78.6 cm³/mol. The van der Waals surface area contributed by atoms with Gasteiger partial charge < -0.3 is 10.1 Å². The fourth-order valence-corrected chi connectivity index (χ4v) is 3.89. The van der Waals surface area contributed by atoms with Gasteiger partial charge in [0.2, 0.25) is 0 Å². The second-order valence-electron chi connectivity index (χ2n) is 4.78. The number of hydrogen-bond acceptors (Lipinski definition) is 3. The van der Waals surface area contributed by atoms with Gasteiger partial charge in [-0.3, -0.25) is 0 Å². The zero-order valence-electron chi connectivity index (χ0n) is 11.3. The van der Waals surface area contributed by atoms with Crippen LogP contribution in [0.3, 0.4) is 0 Å². The third-order valence-electron chi connectivity index (χ3n) is 3.52. The summed E-state index contributed by atoms with van der Waals surface area (Å²) in [6, 6.07) is 9.11. The molecule has 1 saturated carbocycles. The number of methoxy groups -OCH3 is 1. The number of thioether (sulfide) groups is 1. The summed E-state index contributed by atoms with van der Waals surface area (Å²) in [6.07, 6.45) is 5.39. The summed E-state index contributed by atoms with van der Waals surface area (Å²) in [4.78, 5) is 1.35. The van der Waals surface area contributed by atoms with Gasteiger partial charge in [0, 0.05) is 16.2 Å². The molecule has 1 aromatic rings. The molecule has 0 aliphatic heterocycles. The van der Waals surface area contributed by atoms with Gasteiger partial charge in [-0.15, -0.1) is 11.8 Å². The molecule has 1 aliphatic rings. The highest BCUT2D eigenvalue weighted by Gasteiger charge is 2.24.